The molecule has 1 saturated heterocycles. The van der Waals surface area contributed by atoms with E-state index >= 15 is 0 Å². The van der Waals surface area contributed by atoms with Crippen LogP contribution in [-0.4, -0.2) is 26.9 Å². The fourth-order valence-electron chi connectivity index (χ4n) is 3.58. The van der Waals surface area contributed by atoms with Gasteiger partial charge in [0.2, 0.25) is 0 Å². The average molecular weight is 277 g/mol. The van der Waals surface area contributed by atoms with E-state index < -0.39 is 0 Å². The van der Waals surface area contributed by atoms with E-state index in [0.717, 1.165) is 25.2 Å². The number of aryl methyl sites for hydroxylation is 2. The second kappa shape index (κ2) is 6.59. The van der Waals surface area contributed by atoms with Gasteiger partial charge < -0.3 is 14.8 Å². The summed E-state index contributed by atoms with van der Waals surface area (Å²) in [7, 11) is 3.78. The largest absolute Gasteiger partial charge is 0.496 e. The van der Waals surface area contributed by atoms with E-state index in [2.05, 4.69) is 38.2 Å². The summed E-state index contributed by atoms with van der Waals surface area (Å²) in [5.41, 5.74) is 3.75. The van der Waals surface area contributed by atoms with Crippen LogP contribution in [0.3, 0.4) is 0 Å². The summed E-state index contributed by atoms with van der Waals surface area (Å²) in [6.45, 7) is 7.32. The molecule has 0 aliphatic carbocycles. The van der Waals surface area contributed by atoms with E-state index in [1.165, 1.54) is 16.7 Å². The van der Waals surface area contributed by atoms with Crippen molar-refractivity contribution in [3.05, 3.63) is 28.8 Å². The van der Waals surface area contributed by atoms with Crippen LogP contribution in [0.4, 0.5) is 0 Å². The van der Waals surface area contributed by atoms with Crippen molar-refractivity contribution in [1.82, 2.24) is 5.32 Å². The molecule has 1 aliphatic heterocycles. The molecule has 1 N–H and O–H groups in total. The van der Waals surface area contributed by atoms with Crippen molar-refractivity contribution in [1.29, 1.82) is 0 Å². The van der Waals surface area contributed by atoms with Gasteiger partial charge >= 0.3 is 0 Å². The lowest BCUT2D eigenvalue weighted by atomic mass is 9.85. The predicted octanol–water partition coefficient (Wildman–Crippen LogP) is 3.39. The Kier molecular flexibility index (Phi) is 5.06. The highest BCUT2D eigenvalue weighted by atomic mass is 16.5. The zero-order chi connectivity index (χ0) is 14.7. The SMILES string of the molecule is CCC1OCCC1C(NC)c1cc(C)c(OC)c(C)c1. The van der Waals surface area contributed by atoms with Gasteiger partial charge in [-0.1, -0.05) is 19.1 Å². The molecule has 1 aromatic carbocycles. The van der Waals surface area contributed by atoms with E-state index in [4.69, 9.17) is 9.47 Å². The Balaban J connectivity index is 2.32. The second-order valence-electron chi connectivity index (χ2n) is 5.72. The van der Waals surface area contributed by atoms with Crippen LogP contribution in [0.25, 0.3) is 0 Å². The Morgan fingerprint density at radius 1 is 1.35 bits per heavy atom. The molecule has 0 aromatic heterocycles. The minimum atomic E-state index is 0.353. The van der Waals surface area contributed by atoms with E-state index in [0.29, 0.717) is 18.1 Å². The molecule has 3 heteroatoms. The Morgan fingerprint density at radius 2 is 2.00 bits per heavy atom. The number of hydrogen-bond donors (Lipinski definition) is 1. The van der Waals surface area contributed by atoms with E-state index in [1.807, 2.05) is 7.05 Å². The molecule has 3 unspecified atom stereocenters. The van der Waals surface area contributed by atoms with Gasteiger partial charge in [0.05, 0.1) is 13.2 Å². The first-order valence-corrected chi connectivity index (χ1v) is 7.56. The van der Waals surface area contributed by atoms with Crippen molar-refractivity contribution in [2.75, 3.05) is 20.8 Å². The summed E-state index contributed by atoms with van der Waals surface area (Å²) in [4.78, 5) is 0. The first kappa shape index (κ1) is 15.3. The monoisotopic (exact) mass is 277 g/mol. The highest BCUT2D eigenvalue weighted by molar-refractivity contribution is 5.44. The van der Waals surface area contributed by atoms with Crippen LogP contribution in [-0.2, 0) is 4.74 Å². The van der Waals surface area contributed by atoms with Crippen LogP contribution in [0.15, 0.2) is 12.1 Å². The highest BCUT2D eigenvalue weighted by Gasteiger charge is 2.34. The Hall–Kier alpha value is -1.06. The summed E-state index contributed by atoms with van der Waals surface area (Å²) in [5.74, 6) is 1.55. The first-order valence-electron chi connectivity index (χ1n) is 7.56. The minimum absolute atomic E-state index is 0.353. The molecule has 3 nitrogen and oxygen atoms in total. The molecular weight excluding hydrogens is 250 g/mol. The molecule has 1 heterocycles. The van der Waals surface area contributed by atoms with Crippen molar-refractivity contribution in [3.8, 4) is 5.75 Å². The van der Waals surface area contributed by atoms with Gasteiger partial charge in [0, 0.05) is 18.6 Å². The molecule has 3 atom stereocenters. The zero-order valence-electron chi connectivity index (χ0n) is 13.3. The Labute approximate surface area is 122 Å². The van der Waals surface area contributed by atoms with Gasteiger partial charge in [0.25, 0.3) is 0 Å². The maximum atomic E-state index is 5.86. The highest BCUT2D eigenvalue weighted by Crippen LogP contribution is 2.37. The van der Waals surface area contributed by atoms with Crippen LogP contribution in [0, 0.1) is 19.8 Å². The zero-order valence-corrected chi connectivity index (χ0v) is 13.3. The first-order chi connectivity index (χ1) is 9.62. The van der Waals surface area contributed by atoms with Crippen LogP contribution >= 0.6 is 0 Å². The molecule has 0 saturated carbocycles. The van der Waals surface area contributed by atoms with E-state index in [-0.39, 0.29) is 0 Å². The predicted molar refractivity (Wildman–Crippen MR) is 82.4 cm³/mol. The third-order valence-electron chi connectivity index (χ3n) is 4.45. The summed E-state index contributed by atoms with van der Waals surface area (Å²) in [6, 6.07) is 4.85. The summed E-state index contributed by atoms with van der Waals surface area (Å²) in [6.07, 6.45) is 2.58. The normalized spacial score (nSPS) is 23.9. The molecule has 1 aromatic rings. The van der Waals surface area contributed by atoms with Gasteiger partial charge in [-0.25, -0.2) is 0 Å². The van der Waals surface area contributed by atoms with Crippen molar-refractivity contribution in [3.63, 3.8) is 0 Å². The molecule has 0 bridgehead atoms. The number of ether oxygens (including phenoxy) is 2. The number of benzene rings is 1. The van der Waals surface area contributed by atoms with Crippen LogP contribution in [0.2, 0.25) is 0 Å². The topological polar surface area (TPSA) is 30.5 Å². The molecular formula is C17H27NO2. The van der Waals surface area contributed by atoms with E-state index in [1.54, 1.807) is 7.11 Å². The van der Waals surface area contributed by atoms with Crippen LogP contribution < -0.4 is 10.1 Å². The molecule has 112 valence electrons. The lowest BCUT2D eigenvalue weighted by molar-refractivity contribution is 0.0782. The maximum Gasteiger partial charge on any atom is 0.124 e. The molecule has 2 rings (SSSR count). The van der Waals surface area contributed by atoms with Gasteiger partial charge in [-0.15, -0.1) is 0 Å². The standard InChI is InChI=1S/C17H27NO2/c1-6-15-14(7-8-20-15)16(18-4)13-9-11(2)17(19-5)12(3)10-13/h9-10,14-16,18H,6-8H2,1-5H3. The maximum absolute atomic E-state index is 5.86. The molecule has 0 radical (unpaired) electrons. The van der Waals surface area contributed by atoms with Crippen LogP contribution in [0.5, 0.6) is 5.75 Å². The number of rotatable bonds is 5. The average Bonchev–Trinajstić information content (AvgIpc) is 2.87. The fourth-order valence-corrected chi connectivity index (χ4v) is 3.58. The Bertz CT molecular complexity index is 435. The Morgan fingerprint density at radius 3 is 2.50 bits per heavy atom. The third-order valence-corrected chi connectivity index (χ3v) is 4.45. The minimum Gasteiger partial charge on any atom is -0.496 e. The second-order valence-corrected chi connectivity index (χ2v) is 5.72. The smallest absolute Gasteiger partial charge is 0.124 e. The van der Waals surface area contributed by atoms with Gasteiger partial charge in [-0.2, -0.15) is 0 Å². The van der Waals surface area contributed by atoms with Crippen molar-refractivity contribution < 1.29 is 9.47 Å². The van der Waals surface area contributed by atoms with Gasteiger partial charge in [-0.3, -0.25) is 0 Å². The molecule has 20 heavy (non-hydrogen) atoms. The van der Waals surface area contributed by atoms with Gasteiger partial charge in [0.15, 0.2) is 0 Å². The summed E-state index contributed by atoms with van der Waals surface area (Å²) >= 11 is 0. The summed E-state index contributed by atoms with van der Waals surface area (Å²) in [5, 5.41) is 3.50. The van der Waals surface area contributed by atoms with Gasteiger partial charge in [0.1, 0.15) is 5.75 Å². The fraction of sp³-hybridized carbons (Fsp3) is 0.647. The number of hydrogen-bond acceptors (Lipinski definition) is 3. The quantitative estimate of drug-likeness (QED) is 0.895. The van der Waals surface area contributed by atoms with E-state index in [9.17, 15) is 0 Å². The lowest BCUT2D eigenvalue weighted by Gasteiger charge is -2.28. The van der Waals surface area contributed by atoms with Crippen molar-refractivity contribution in [2.45, 2.75) is 45.8 Å². The third kappa shape index (κ3) is 2.84. The molecule has 1 fully saturated rings. The molecule has 0 spiro atoms. The molecule has 1 aliphatic rings. The molecule has 0 amide bonds. The van der Waals surface area contributed by atoms with Gasteiger partial charge in [-0.05, 0) is 50.4 Å². The van der Waals surface area contributed by atoms with Crippen LogP contribution in [0.1, 0.15) is 42.5 Å². The number of methoxy groups -OCH3 is 1. The number of nitrogens with one attached hydrogen (secondary N) is 1. The lowest BCUT2D eigenvalue weighted by Crippen LogP contribution is -2.30. The van der Waals surface area contributed by atoms with Crippen molar-refractivity contribution >= 4 is 0 Å². The van der Waals surface area contributed by atoms with Crippen molar-refractivity contribution in [2.24, 2.45) is 5.92 Å². The summed E-state index contributed by atoms with van der Waals surface area (Å²) < 4.78 is 11.3.